The maximum absolute atomic E-state index is 5.88. The average Bonchev–Trinajstić information content (AvgIpc) is 2.94. The molecule has 0 aliphatic rings. The standard InChI is InChI=1S/C15H20N2O2S/c1-4-15-17-12(10-20-15)9-19-14-6-5-13(18-3)7-11(14)8-16-2/h5-7,10,16H,4,8-9H2,1-3H3. The molecule has 0 fully saturated rings. The van der Waals surface area contributed by atoms with Crippen LogP contribution in [0.3, 0.4) is 0 Å². The Hall–Kier alpha value is -1.59. The summed E-state index contributed by atoms with van der Waals surface area (Å²) in [6.45, 7) is 3.35. The van der Waals surface area contributed by atoms with E-state index in [2.05, 4.69) is 22.6 Å². The van der Waals surface area contributed by atoms with Gasteiger partial charge in [-0.25, -0.2) is 4.98 Å². The van der Waals surface area contributed by atoms with Gasteiger partial charge in [-0.05, 0) is 31.7 Å². The Kier molecular flexibility index (Phi) is 5.38. The molecule has 0 spiro atoms. The third-order valence-corrected chi connectivity index (χ3v) is 3.95. The fourth-order valence-electron chi connectivity index (χ4n) is 1.88. The molecule has 2 aromatic rings. The molecule has 4 nitrogen and oxygen atoms in total. The summed E-state index contributed by atoms with van der Waals surface area (Å²) in [5.74, 6) is 1.70. The lowest BCUT2D eigenvalue weighted by Gasteiger charge is -2.12. The quantitative estimate of drug-likeness (QED) is 0.852. The van der Waals surface area contributed by atoms with Crippen LogP contribution in [-0.2, 0) is 19.6 Å². The van der Waals surface area contributed by atoms with Gasteiger partial charge in [0.25, 0.3) is 0 Å². The second kappa shape index (κ2) is 7.26. The van der Waals surface area contributed by atoms with Gasteiger partial charge in [-0.1, -0.05) is 6.92 Å². The zero-order valence-electron chi connectivity index (χ0n) is 12.1. The second-order valence-corrected chi connectivity index (χ2v) is 5.32. The van der Waals surface area contributed by atoms with Crippen LogP contribution in [0.25, 0.3) is 0 Å². The molecular formula is C15H20N2O2S. The molecule has 0 saturated carbocycles. The Morgan fingerprint density at radius 2 is 2.20 bits per heavy atom. The van der Waals surface area contributed by atoms with Crippen molar-refractivity contribution in [2.45, 2.75) is 26.5 Å². The van der Waals surface area contributed by atoms with Gasteiger partial charge in [0.15, 0.2) is 0 Å². The Morgan fingerprint density at radius 1 is 1.35 bits per heavy atom. The fourth-order valence-corrected chi connectivity index (χ4v) is 2.61. The highest BCUT2D eigenvalue weighted by Gasteiger charge is 2.07. The molecule has 20 heavy (non-hydrogen) atoms. The van der Waals surface area contributed by atoms with E-state index >= 15 is 0 Å². The molecule has 1 N–H and O–H groups in total. The molecule has 108 valence electrons. The number of aryl methyl sites for hydroxylation is 1. The van der Waals surface area contributed by atoms with Crippen LogP contribution in [0.1, 0.15) is 23.2 Å². The van der Waals surface area contributed by atoms with Gasteiger partial charge in [-0.3, -0.25) is 0 Å². The Morgan fingerprint density at radius 3 is 2.85 bits per heavy atom. The number of nitrogens with zero attached hydrogens (tertiary/aromatic N) is 1. The number of methoxy groups -OCH3 is 1. The summed E-state index contributed by atoms with van der Waals surface area (Å²) in [5, 5.41) is 6.34. The minimum absolute atomic E-state index is 0.500. The summed E-state index contributed by atoms with van der Waals surface area (Å²) in [5.41, 5.74) is 2.07. The molecule has 2 rings (SSSR count). The maximum Gasteiger partial charge on any atom is 0.131 e. The van der Waals surface area contributed by atoms with Gasteiger partial charge in [0, 0.05) is 17.5 Å². The van der Waals surface area contributed by atoms with Gasteiger partial charge in [0.1, 0.15) is 18.1 Å². The van der Waals surface area contributed by atoms with Gasteiger partial charge < -0.3 is 14.8 Å². The summed E-state index contributed by atoms with van der Waals surface area (Å²) in [6.07, 6.45) is 0.970. The number of benzene rings is 1. The van der Waals surface area contributed by atoms with Gasteiger partial charge in [-0.15, -0.1) is 11.3 Å². The zero-order chi connectivity index (χ0) is 14.4. The Bertz CT molecular complexity index is 555. The number of rotatable bonds is 7. The minimum Gasteiger partial charge on any atom is -0.497 e. The van der Waals surface area contributed by atoms with Crippen molar-refractivity contribution in [3.8, 4) is 11.5 Å². The highest BCUT2D eigenvalue weighted by atomic mass is 32.1. The molecule has 1 aromatic carbocycles. The predicted octanol–water partition coefficient (Wildman–Crippen LogP) is 3.01. The van der Waals surface area contributed by atoms with E-state index in [1.807, 2.05) is 25.2 Å². The lowest BCUT2D eigenvalue weighted by Crippen LogP contribution is -2.08. The normalized spacial score (nSPS) is 10.6. The van der Waals surface area contributed by atoms with Crippen molar-refractivity contribution in [2.75, 3.05) is 14.2 Å². The number of hydrogen-bond acceptors (Lipinski definition) is 5. The maximum atomic E-state index is 5.88. The van der Waals surface area contributed by atoms with E-state index in [1.165, 1.54) is 0 Å². The van der Waals surface area contributed by atoms with Crippen LogP contribution >= 0.6 is 11.3 Å². The summed E-state index contributed by atoms with van der Waals surface area (Å²) in [4.78, 5) is 4.51. The van der Waals surface area contributed by atoms with E-state index < -0.39 is 0 Å². The molecule has 5 heteroatoms. The summed E-state index contributed by atoms with van der Waals surface area (Å²) >= 11 is 1.68. The van der Waals surface area contributed by atoms with Crippen molar-refractivity contribution in [1.29, 1.82) is 0 Å². The molecule has 1 heterocycles. The van der Waals surface area contributed by atoms with Crippen LogP contribution in [0, 0.1) is 0 Å². The number of thiazole rings is 1. The van der Waals surface area contributed by atoms with Crippen LogP contribution in [0.2, 0.25) is 0 Å². The van der Waals surface area contributed by atoms with Gasteiger partial charge >= 0.3 is 0 Å². The zero-order valence-corrected chi connectivity index (χ0v) is 12.9. The fraction of sp³-hybridized carbons (Fsp3) is 0.400. The van der Waals surface area contributed by atoms with E-state index in [0.717, 1.165) is 40.7 Å². The third kappa shape index (κ3) is 3.71. The van der Waals surface area contributed by atoms with Crippen LogP contribution in [0.4, 0.5) is 0 Å². The molecule has 0 aliphatic carbocycles. The smallest absolute Gasteiger partial charge is 0.131 e. The van der Waals surface area contributed by atoms with Crippen LogP contribution < -0.4 is 14.8 Å². The predicted molar refractivity (Wildman–Crippen MR) is 81.6 cm³/mol. The first-order valence-electron chi connectivity index (χ1n) is 6.64. The minimum atomic E-state index is 0.500. The first-order chi connectivity index (χ1) is 9.76. The van der Waals surface area contributed by atoms with Crippen LogP contribution in [-0.4, -0.2) is 19.1 Å². The first kappa shape index (κ1) is 14.8. The average molecular weight is 292 g/mol. The summed E-state index contributed by atoms with van der Waals surface area (Å²) < 4.78 is 11.1. The first-order valence-corrected chi connectivity index (χ1v) is 7.52. The van der Waals surface area contributed by atoms with E-state index in [4.69, 9.17) is 9.47 Å². The molecule has 0 unspecified atom stereocenters. The van der Waals surface area contributed by atoms with E-state index in [9.17, 15) is 0 Å². The van der Waals surface area contributed by atoms with Crippen molar-refractivity contribution in [3.05, 3.63) is 39.8 Å². The molecular weight excluding hydrogens is 272 g/mol. The molecule has 0 amide bonds. The SMILES string of the molecule is CCc1nc(COc2ccc(OC)cc2CNC)cs1. The molecule has 0 bridgehead atoms. The second-order valence-electron chi connectivity index (χ2n) is 4.38. The topological polar surface area (TPSA) is 43.4 Å². The number of aromatic nitrogens is 1. The van der Waals surface area contributed by atoms with Gasteiger partial charge in [-0.2, -0.15) is 0 Å². The monoisotopic (exact) mass is 292 g/mol. The Balaban J connectivity index is 2.07. The lowest BCUT2D eigenvalue weighted by atomic mass is 10.2. The highest BCUT2D eigenvalue weighted by Crippen LogP contribution is 2.25. The third-order valence-electron chi connectivity index (χ3n) is 2.91. The van der Waals surface area contributed by atoms with Crippen molar-refractivity contribution in [3.63, 3.8) is 0 Å². The van der Waals surface area contributed by atoms with Crippen molar-refractivity contribution in [1.82, 2.24) is 10.3 Å². The van der Waals surface area contributed by atoms with Crippen molar-refractivity contribution in [2.24, 2.45) is 0 Å². The van der Waals surface area contributed by atoms with Crippen molar-refractivity contribution >= 4 is 11.3 Å². The number of hydrogen-bond donors (Lipinski definition) is 1. The summed E-state index contributed by atoms with van der Waals surface area (Å²) in [6, 6.07) is 5.84. The molecule has 0 saturated heterocycles. The highest BCUT2D eigenvalue weighted by molar-refractivity contribution is 7.09. The number of ether oxygens (including phenoxy) is 2. The largest absolute Gasteiger partial charge is 0.497 e. The molecule has 0 aliphatic heterocycles. The molecule has 0 atom stereocenters. The Labute approximate surface area is 123 Å². The lowest BCUT2D eigenvalue weighted by molar-refractivity contribution is 0.297. The van der Waals surface area contributed by atoms with Gasteiger partial charge in [0.05, 0.1) is 17.8 Å². The van der Waals surface area contributed by atoms with Crippen molar-refractivity contribution < 1.29 is 9.47 Å². The van der Waals surface area contributed by atoms with Crippen LogP contribution in [0.15, 0.2) is 23.6 Å². The van der Waals surface area contributed by atoms with E-state index in [1.54, 1.807) is 18.4 Å². The molecule has 0 radical (unpaired) electrons. The van der Waals surface area contributed by atoms with Gasteiger partial charge in [0.2, 0.25) is 0 Å². The van der Waals surface area contributed by atoms with E-state index in [-0.39, 0.29) is 0 Å². The number of nitrogens with one attached hydrogen (secondary N) is 1. The summed E-state index contributed by atoms with van der Waals surface area (Å²) in [7, 11) is 3.58. The molecule has 1 aromatic heterocycles. The van der Waals surface area contributed by atoms with Crippen LogP contribution in [0.5, 0.6) is 11.5 Å². The van der Waals surface area contributed by atoms with E-state index in [0.29, 0.717) is 6.61 Å².